The molecule has 0 saturated carbocycles. The van der Waals surface area contributed by atoms with Crippen molar-refractivity contribution >= 4 is 11.4 Å². The van der Waals surface area contributed by atoms with Crippen LogP contribution in [-0.2, 0) is 11.2 Å². The molecule has 17 heavy (non-hydrogen) atoms. The van der Waals surface area contributed by atoms with Gasteiger partial charge in [0.15, 0.2) is 0 Å². The molecule has 0 aliphatic heterocycles. The average molecular weight is 233 g/mol. The van der Waals surface area contributed by atoms with E-state index in [1.165, 1.54) is 6.07 Å². The van der Waals surface area contributed by atoms with Crippen LogP contribution in [0.3, 0.4) is 0 Å². The van der Waals surface area contributed by atoms with Gasteiger partial charge in [-0.05, 0) is 55.6 Å². The maximum atomic E-state index is 13.1. The van der Waals surface area contributed by atoms with Crippen LogP contribution >= 0.6 is 0 Å². The number of likely N-dealkylation sites (N-methyl/N-ethyl adjacent to an activating group) is 1. The molecule has 1 N–H and O–H groups in total. The number of nitrogens with one attached hydrogen (secondary N) is 1. The third-order valence-corrected chi connectivity index (χ3v) is 3.24. The van der Waals surface area contributed by atoms with Gasteiger partial charge in [-0.3, -0.25) is 4.79 Å². The summed E-state index contributed by atoms with van der Waals surface area (Å²) in [5, 5.41) is 3.01. The Morgan fingerprint density at radius 3 is 2.94 bits per heavy atom. The number of fused-ring (bicyclic) bond motifs is 1. The number of halogens is 1. The number of carbonyl (C=O) groups is 1. The summed E-state index contributed by atoms with van der Waals surface area (Å²) in [4.78, 5) is 11.4. The molecule has 1 unspecified atom stereocenters. The van der Waals surface area contributed by atoms with Crippen LogP contribution in [0.5, 0.6) is 0 Å². The minimum absolute atomic E-state index is 0.129. The molecule has 1 aromatic rings. The molecule has 2 rings (SSSR count). The van der Waals surface area contributed by atoms with Gasteiger partial charge in [0.05, 0.1) is 6.04 Å². The van der Waals surface area contributed by atoms with E-state index in [4.69, 9.17) is 0 Å². The van der Waals surface area contributed by atoms with Gasteiger partial charge in [0.2, 0.25) is 0 Å². The number of hydrogen-bond acceptors (Lipinski definition) is 2. The van der Waals surface area contributed by atoms with E-state index >= 15 is 0 Å². The molecule has 0 spiro atoms. The van der Waals surface area contributed by atoms with Crippen LogP contribution in [0.4, 0.5) is 4.39 Å². The molecule has 0 fully saturated rings. The lowest BCUT2D eigenvalue weighted by atomic mass is 9.98. The van der Waals surface area contributed by atoms with E-state index in [2.05, 4.69) is 11.4 Å². The van der Waals surface area contributed by atoms with Crippen LogP contribution in [-0.4, -0.2) is 18.9 Å². The van der Waals surface area contributed by atoms with Crippen molar-refractivity contribution < 1.29 is 9.18 Å². The second-order valence-electron chi connectivity index (χ2n) is 4.39. The van der Waals surface area contributed by atoms with E-state index in [1.807, 2.05) is 0 Å². The van der Waals surface area contributed by atoms with Crippen molar-refractivity contribution in [2.45, 2.75) is 25.8 Å². The van der Waals surface area contributed by atoms with Crippen molar-refractivity contribution in [2.24, 2.45) is 0 Å². The summed E-state index contributed by atoms with van der Waals surface area (Å²) in [5.41, 5.74) is 3.22. The molecule has 3 heteroatoms. The summed E-state index contributed by atoms with van der Waals surface area (Å²) in [6.45, 7) is 1.59. The van der Waals surface area contributed by atoms with Gasteiger partial charge in [-0.15, -0.1) is 0 Å². The smallest absolute Gasteiger partial charge is 0.147 e. The van der Waals surface area contributed by atoms with Crippen LogP contribution in [0, 0.1) is 5.82 Å². The fraction of sp³-hybridized carbons (Fsp3) is 0.357. The zero-order valence-electron chi connectivity index (χ0n) is 10.1. The molecular weight excluding hydrogens is 217 g/mol. The third kappa shape index (κ3) is 2.44. The second-order valence-corrected chi connectivity index (χ2v) is 4.39. The van der Waals surface area contributed by atoms with Crippen LogP contribution in [0.2, 0.25) is 0 Å². The number of ketones is 1. The van der Waals surface area contributed by atoms with E-state index in [1.54, 1.807) is 26.1 Å². The van der Waals surface area contributed by atoms with Crippen molar-refractivity contribution in [1.82, 2.24) is 5.32 Å². The molecule has 2 nitrogen and oxygen atoms in total. The van der Waals surface area contributed by atoms with Gasteiger partial charge in [-0.25, -0.2) is 4.39 Å². The molecule has 1 atom stereocenters. The standard InChI is InChI=1S/C14H16FNO/c1-9(17)14(16-2)8-11-4-3-10-7-12(15)5-6-13(10)11/h4-7,14,16H,3,8H2,1-2H3. The van der Waals surface area contributed by atoms with Crippen molar-refractivity contribution in [1.29, 1.82) is 0 Å². The first kappa shape index (κ1) is 12.0. The number of rotatable bonds is 4. The Kier molecular flexibility index (Phi) is 3.38. The predicted molar refractivity (Wildman–Crippen MR) is 66.2 cm³/mol. The summed E-state index contributed by atoms with van der Waals surface area (Å²) < 4.78 is 13.1. The number of allylic oxidation sites excluding steroid dienone is 1. The van der Waals surface area contributed by atoms with Crippen molar-refractivity contribution in [3.05, 3.63) is 41.2 Å². The summed E-state index contributed by atoms with van der Waals surface area (Å²) in [7, 11) is 1.78. The molecule has 90 valence electrons. The van der Waals surface area contributed by atoms with Crippen LogP contribution in [0.25, 0.3) is 5.57 Å². The van der Waals surface area contributed by atoms with Crippen molar-refractivity contribution in [3.63, 3.8) is 0 Å². The molecule has 0 bridgehead atoms. The van der Waals surface area contributed by atoms with Gasteiger partial charge >= 0.3 is 0 Å². The SMILES string of the molecule is CNC(CC1=CCc2cc(F)ccc21)C(C)=O. The minimum atomic E-state index is -0.199. The molecule has 0 saturated heterocycles. The molecule has 0 aromatic heterocycles. The summed E-state index contributed by atoms with van der Waals surface area (Å²) in [6, 6.07) is 4.69. The Bertz CT molecular complexity index is 479. The highest BCUT2D eigenvalue weighted by atomic mass is 19.1. The Balaban J connectivity index is 2.19. The van der Waals surface area contributed by atoms with Gasteiger partial charge in [0, 0.05) is 0 Å². The first-order valence-electron chi connectivity index (χ1n) is 5.77. The molecule has 0 heterocycles. The monoisotopic (exact) mass is 233 g/mol. The highest BCUT2D eigenvalue weighted by Crippen LogP contribution is 2.31. The first-order valence-corrected chi connectivity index (χ1v) is 5.77. The maximum absolute atomic E-state index is 13.1. The minimum Gasteiger partial charge on any atom is -0.310 e. The number of hydrogen-bond donors (Lipinski definition) is 1. The van der Waals surface area contributed by atoms with E-state index in [9.17, 15) is 9.18 Å². The van der Waals surface area contributed by atoms with Gasteiger partial charge in [0.25, 0.3) is 0 Å². The van der Waals surface area contributed by atoms with Gasteiger partial charge in [-0.2, -0.15) is 0 Å². The molecule has 1 aromatic carbocycles. The van der Waals surface area contributed by atoms with Crippen molar-refractivity contribution in [3.8, 4) is 0 Å². The Morgan fingerprint density at radius 2 is 2.29 bits per heavy atom. The van der Waals surface area contributed by atoms with Gasteiger partial charge in [-0.1, -0.05) is 12.1 Å². The quantitative estimate of drug-likeness (QED) is 0.864. The lowest BCUT2D eigenvalue weighted by molar-refractivity contribution is -0.118. The van der Waals surface area contributed by atoms with Crippen LogP contribution in [0.15, 0.2) is 24.3 Å². The first-order chi connectivity index (χ1) is 8.11. The van der Waals surface area contributed by atoms with Crippen LogP contribution < -0.4 is 5.32 Å². The van der Waals surface area contributed by atoms with E-state index in [-0.39, 0.29) is 17.6 Å². The second kappa shape index (κ2) is 4.80. The number of benzene rings is 1. The maximum Gasteiger partial charge on any atom is 0.147 e. The van der Waals surface area contributed by atoms with E-state index in [0.29, 0.717) is 6.42 Å². The van der Waals surface area contributed by atoms with E-state index < -0.39 is 0 Å². The lowest BCUT2D eigenvalue weighted by Crippen LogP contribution is -2.32. The highest BCUT2D eigenvalue weighted by molar-refractivity contribution is 5.85. The zero-order valence-corrected chi connectivity index (χ0v) is 10.1. The van der Waals surface area contributed by atoms with Crippen LogP contribution in [0.1, 0.15) is 24.5 Å². The number of Topliss-reactive ketones (excluding diaryl/α,β-unsaturated/α-hetero) is 1. The summed E-state index contributed by atoms with van der Waals surface area (Å²) in [6.07, 6.45) is 3.51. The predicted octanol–water partition coefficient (Wildman–Crippen LogP) is 2.33. The van der Waals surface area contributed by atoms with Crippen molar-refractivity contribution in [2.75, 3.05) is 7.05 Å². The topological polar surface area (TPSA) is 29.1 Å². The Hall–Kier alpha value is -1.48. The van der Waals surface area contributed by atoms with E-state index in [0.717, 1.165) is 23.1 Å². The Morgan fingerprint density at radius 1 is 1.53 bits per heavy atom. The zero-order chi connectivity index (χ0) is 12.4. The highest BCUT2D eigenvalue weighted by Gasteiger charge is 2.20. The average Bonchev–Trinajstić information content (AvgIpc) is 2.67. The number of carbonyl (C=O) groups excluding carboxylic acids is 1. The van der Waals surface area contributed by atoms with Gasteiger partial charge in [0.1, 0.15) is 11.6 Å². The molecule has 1 aliphatic rings. The largest absolute Gasteiger partial charge is 0.310 e. The molecule has 1 aliphatic carbocycles. The third-order valence-electron chi connectivity index (χ3n) is 3.24. The summed E-state index contributed by atoms with van der Waals surface area (Å²) >= 11 is 0. The fourth-order valence-electron chi connectivity index (χ4n) is 2.25. The Labute approximate surface area is 101 Å². The molecular formula is C14H16FNO. The summed E-state index contributed by atoms with van der Waals surface area (Å²) in [5.74, 6) is -0.0703. The lowest BCUT2D eigenvalue weighted by Gasteiger charge is -2.14. The normalized spacial score (nSPS) is 15.4. The fourth-order valence-corrected chi connectivity index (χ4v) is 2.25. The van der Waals surface area contributed by atoms with Gasteiger partial charge < -0.3 is 5.32 Å². The molecule has 0 amide bonds. The molecule has 0 radical (unpaired) electrons.